The molecule has 0 aromatic heterocycles. The Balaban J connectivity index is 2.26. The highest BCUT2D eigenvalue weighted by molar-refractivity contribution is 9.10. The largest absolute Gasteiger partial charge is 0.323 e. The Morgan fingerprint density at radius 2 is 2.25 bits per heavy atom. The Labute approximate surface area is 104 Å². The number of rotatable bonds is 2. The minimum Gasteiger partial charge on any atom is -0.323 e. The monoisotopic (exact) mass is 282 g/mol. The number of hydrogen-bond acceptors (Lipinski definition) is 1. The lowest BCUT2D eigenvalue weighted by Gasteiger charge is -2.18. The van der Waals surface area contributed by atoms with Gasteiger partial charge in [-0.2, -0.15) is 0 Å². The Morgan fingerprint density at radius 1 is 1.50 bits per heavy atom. The first-order chi connectivity index (χ1) is 7.63. The number of benzene rings is 1. The number of urea groups is 1. The highest BCUT2D eigenvalue weighted by Gasteiger charge is 2.34. The molecule has 86 valence electrons. The number of carbonyl (C=O) groups is 1. The van der Waals surface area contributed by atoms with Crippen LogP contribution in [0.2, 0.25) is 0 Å². The molecule has 0 bridgehead atoms. The summed E-state index contributed by atoms with van der Waals surface area (Å²) in [6, 6.07) is 8.44. The lowest BCUT2D eigenvalue weighted by atomic mass is 10.1. The van der Waals surface area contributed by atoms with Gasteiger partial charge in [0.05, 0.1) is 6.04 Å². The highest BCUT2D eigenvalue weighted by atomic mass is 79.9. The predicted molar refractivity (Wildman–Crippen MR) is 67.3 cm³/mol. The summed E-state index contributed by atoms with van der Waals surface area (Å²) in [6.07, 6.45) is 0. The lowest BCUT2D eigenvalue weighted by molar-refractivity contribution is 0.197. The average Bonchev–Trinajstić information content (AvgIpc) is 2.56. The topological polar surface area (TPSA) is 23.6 Å². The summed E-state index contributed by atoms with van der Waals surface area (Å²) in [7, 11) is 1.86. The van der Waals surface area contributed by atoms with Crippen LogP contribution in [0.5, 0.6) is 0 Å². The van der Waals surface area contributed by atoms with Gasteiger partial charge < -0.3 is 9.80 Å². The lowest BCUT2D eigenvalue weighted by Crippen LogP contribution is -2.29. The van der Waals surface area contributed by atoms with Crippen molar-refractivity contribution in [2.75, 3.05) is 20.1 Å². The van der Waals surface area contributed by atoms with Gasteiger partial charge in [0, 0.05) is 24.6 Å². The summed E-state index contributed by atoms with van der Waals surface area (Å²) in [5.74, 6) is 0. The third-order valence-electron chi connectivity index (χ3n) is 3.05. The van der Waals surface area contributed by atoms with Crippen LogP contribution in [-0.2, 0) is 0 Å². The van der Waals surface area contributed by atoms with E-state index in [-0.39, 0.29) is 12.1 Å². The minimum absolute atomic E-state index is 0.118. The molecule has 1 aliphatic heterocycles. The van der Waals surface area contributed by atoms with E-state index in [2.05, 4.69) is 28.1 Å². The van der Waals surface area contributed by atoms with Crippen molar-refractivity contribution in [2.24, 2.45) is 0 Å². The van der Waals surface area contributed by atoms with Gasteiger partial charge in [0.1, 0.15) is 0 Å². The van der Waals surface area contributed by atoms with Crippen LogP contribution in [0.1, 0.15) is 18.5 Å². The molecule has 1 aliphatic rings. The fourth-order valence-corrected chi connectivity index (χ4v) is 2.49. The minimum atomic E-state index is 0.118. The molecule has 1 heterocycles. The van der Waals surface area contributed by atoms with E-state index in [4.69, 9.17) is 0 Å². The van der Waals surface area contributed by atoms with Crippen molar-refractivity contribution in [1.82, 2.24) is 9.80 Å². The smallest absolute Gasteiger partial charge is 0.320 e. The van der Waals surface area contributed by atoms with Crippen LogP contribution in [0.3, 0.4) is 0 Å². The van der Waals surface area contributed by atoms with Crippen LogP contribution in [0.4, 0.5) is 4.79 Å². The van der Waals surface area contributed by atoms with Crippen molar-refractivity contribution < 1.29 is 4.79 Å². The molecule has 1 unspecified atom stereocenters. The summed E-state index contributed by atoms with van der Waals surface area (Å²) in [5, 5.41) is 0. The van der Waals surface area contributed by atoms with Gasteiger partial charge in [-0.3, -0.25) is 0 Å². The summed E-state index contributed by atoms with van der Waals surface area (Å²) in [6.45, 7) is 3.56. The van der Waals surface area contributed by atoms with Crippen LogP contribution in [0, 0.1) is 0 Å². The van der Waals surface area contributed by atoms with E-state index in [9.17, 15) is 4.79 Å². The molecule has 0 spiro atoms. The maximum absolute atomic E-state index is 11.8. The first-order valence-electron chi connectivity index (χ1n) is 5.40. The van der Waals surface area contributed by atoms with Crippen molar-refractivity contribution in [2.45, 2.75) is 13.0 Å². The fourth-order valence-electron chi connectivity index (χ4n) is 2.07. The summed E-state index contributed by atoms with van der Waals surface area (Å²) >= 11 is 3.46. The molecule has 1 atom stereocenters. The number of carbonyl (C=O) groups excluding carboxylic acids is 1. The van der Waals surface area contributed by atoms with E-state index >= 15 is 0 Å². The molecule has 0 aliphatic carbocycles. The first kappa shape index (κ1) is 11.5. The van der Waals surface area contributed by atoms with Gasteiger partial charge in [0.25, 0.3) is 0 Å². The third kappa shape index (κ3) is 1.94. The molecule has 0 saturated carbocycles. The summed E-state index contributed by atoms with van der Waals surface area (Å²) in [4.78, 5) is 15.5. The van der Waals surface area contributed by atoms with E-state index < -0.39 is 0 Å². The molecule has 2 rings (SSSR count). The van der Waals surface area contributed by atoms with Crippen LogP contribution in [0.25, 0.3) is 0 Å². The molecule has 1 saturated heterocycles. The Kier molecular flexibility index (Phi) is 3.19. The molecular weight excluding hydrogens is 268 g/mol. The molecule has 0 radical (unpaired) electrons. The van der Waals surface area contributed by atoms with E-state index in [1.54, 1.807) is 0 Å². The van der Waals surface area contributed by atoms with E-state index in [0.29, 0.717) is 0 Å². The number of likely N-dealkylation sites (N-methyl/N-ethyl adjacent to an activating group) is 2. The summed E-state index contributed by atoms with van der Waals surface area (Å²) in [5.41, 5.74) is 1.18. The van der Waals surface area contributed by atoms with Gasteiger partial charge >= 0.3 is 6.03 Å². The number of hydrogen-bond donors (Lipinski definition) is 0. The number of halogens is 1. The van der Waals surface area contributed by atoms with Crippen molar-refractivity contribution in [1.29, 1.82) is 0 Å². The quantitative estimate of drug-likeness (QED) is 0.818. The molecule has 16 heavy (non-hydrogen) atoms. The van der Waals surface area contributed by atoms with E-state index in [1.165, 1.54) is 5.56 Å². The van der Waals surface area contributed by atoms with Crippen LogP contribution in [-0.4, -0.2) is 36.0 Å². The average molecular weight is 283 g/mol. The normalized spacial score (nSPS) is 20.7. The zero-order valence-electron chi connectivity index (χ0n) is 9.48. The van der Waals surface area contributed by atoms with Crippen molar-refractivity contribution in [3.63, 3.8) is 0 Å². The molecule has 1 aromatic carbocycles. The van der Waals surface area contributed by atoms with Gasteiger partial charge in [-0.1, -0.05) is 28.1 Å². The standard InChI is InChI=1S/C12H15BrN2O/c1-3-15-8-11(14(2)12(15)16)9-5-4-6-10(13)7-9/h4-7,11H,3,8H2,1-2H3. The molecule has 0 N–H and O–H groups in total. The Bertz CT molecular complexity index is 408. The number of nitrogens with zero attached hydrogens (tertiary/aromatic N) is 2. The first-order valence-corrected chi connectivity index (χ1v) is 6.20. The van der Waals surface area contributed by atoms with Crippen LogP contribution in [0.15, 0.2) is 28.7 Å². The van der Waals surface area contributed by atoms with E-state index in [0.717, 1.165) is 17.6 Å². The van der Waals surface area contributed by atoms with Crippen LogP contribution >= 0.6 is 15.9 Å². The predicted octanol–water partition coefficient (Wildman–Crippen LogP) is 2.88. The van der Waals surface area contributed by atoms with Crippen LogP contribution < -0.4 is 0 Å². The van der Waals surface area contributed by atoms with Gasteiger partial charge in [0.2, 0.25) is 0 Å². The second-order valence-electron chi connectivity index (χ2n) is 4.00. The number of amides is 2. The fraction of sp³-hybridized carbons (Fsp3) is 0.417. The van der Waals surface area contributed by atoms with Crippen molar-refractivity contribution in [3.8, 4) is 0 Å². The zero-order valence-corrected chi connectivity index (χ0v) is 11.1. The second-order valence-corrected chi connectivity index (χ2v) is 4.92. The second kappa shape index (κ2) is 4.45. The van der Waals surface area contributed by atoms with Crippen molar-refractivity contribution in [3.05, 3.63) is 34.3 Å². The highest BCUT2D eigenvalue weighted by Crippen LogP contribution is 2.29. The molecular formula is C12H15BrN2O. The van der Waals surface area contributed by atoms with Gasteiger partial charge in [0.15, 0.2) is 0 Å². The SMILES string of the molecule is CCN1CC(c2cccc(Br)c2)N(C)C1=O. The van der Waals surface area contributed by atoms with Gasteiger partial charge in [-0.05, 0) is 24.6 Å². The molecule has 3 nitrogen and oxygen atoms in total. The summed E-state index contributed by atoms with van der Waals surface area (Å²) < 4.78 is 1.06. The van der Waals surface area contributed by atoms with Crippen molar-refractivity contribution >= 4 is 22.0 Å². The zero-order chi connectivity index (χ0) is 11.7. The Hall–Kier alpha value is -1.03. The van der Waals surface area contributed by atoms with Gasteiger partial charge in [-0.15, -0.1) is 0 Å². The Morgan fingerprint density at radius 3 is 2.81 bits per heavy atom. The molecule has 4 heteroatoms. The molecule has 1 aromatic rings. The van der Waals surface area contributed by atoms with Gasteiger partial charge in [-0.25, -0.2) is 4.79 Å². The maximum Gasteiger partial charge on any atom is 0.320 e. The molecule has 1 fully saturated rings. The molecule has 2 amide bonds. The van der Waals surface area contributed by atoms with E-state index in [1.807, 2.05) is 35.9 Å². The third-order valence-corrected chi connectivity index (χ3v) is 3.54. The maximum atomic E-state index is 11.8.